The van der Waals surface area contributed by atoms with Crippen LogP contribution in [0.5, 0.6) is 0 Å². The molecule has 0 saturated carbocycles. The highest BCUT2D eigenvalue weighted by Gasteiger charge is 2.16. The summed E-state index contributed by atoms with van der Waals surface area (Å²) in [6, 6.07) is 3.33. The fourth-order valence-corrected chi connectivity index (χ4v) is 2.41. The molecule has 5 heteroatoms. The van der Waals surface area contributed by atoms with E-state index in [4.69, 9.17) is 9.15 Å². The number of carbonyl (C=O) groups is 1. The number of aliphatic hydroxyl groups is 1. The third kappa shape index (κ3) is 5.36. The van der Waals surface area contributed by atoms with E-state index in [2.05, 4.69) is 5.32 Å². The zero-order valence-electron chi connectivity index (χ0n) is 12.3. The summed E-state index contributed by atoms with van der Waals surface area (Å²) in [5, 5.41) is 12.8. The van der Waals surface area contributed by atoms with Crippen LogP contribution in [0.3, 0.4) is 0 Å². The van der Waals surface area contributed by atoms with Crippen LogP contribution >= 0.6 is 0 Å². The third-order valence-electron chi connectivity index (χ3n) is 3.62. The lowest BCUT2D eigenvalue weighted by molar-refractivity contribution is -0.117. The van der Waals surface area contributed by atoms with Crippen LogP contribution in [0.25, 0.3) is 0 Å². The summed E-state index contributed by atoms with van der Waals surface area (Å²) in [4.78, 5) is 11.8. The summed E-state index contributed by atoms with van der Waals surface area (Å²) >= 11 is 0. The van der Waals surface area contributed by atoms with Gasteiger partial charge < -0.3 is 19.6 Å². The second-order valence-electron chi connectivity index (χ2n) is 5.49. The number of rotatable bonds is 6. The Morgan fingerprint density at radius 2 is 2.29 bits per heavy atom. The molecule has 1 fully saturated rings. The number of amides is 1. The molecule has 1 aliphatic heterocycles. The van der Waals surface area contributed by atoms with E-state index in [-0.39, 0.29) is 11.9 Å². The monoisotopic (exact) mass is 293 g/mol. The molecule has 0 bridgehead atoms. The van der Waals surface area contributed by atoms with E-state index in [0.29, 0.717) is 18.1 Å². The highest BCUT2D eigenvalue weighted by atomic mass is 16.5. The van der Waals surface area contributed by atoms with Gasteiger partial charge in [0.2, 0.25) is 5.91 Å². The van der Waals surface area contributed by atoms with Gasteiger partial charge >= 0.3 is 0 Å². The van der Waals surface area contributed by atoms with Crippen molar-refractivity contribution >= 4 is 5.91 Å². The van der Waals surface area contributed by atoms with Crippen LogP contribution in [-0.4, -0.2) is 30.3 Å². The molecule has 0 radical (unpaired) electrons. The minimum absolute atomic E-state index is 0.124. The topological polar surface area (TPSA) is 71.7 Å². The Hall–Kier alpha value is -1.59. The van der Waals surface area contributed by atoms with Gasteiger partial charge in [0, 0.05) is 25.7 Å². The Labute approximate surface area is 125 Å². The van der Waals surface area contributed by atoms with E-state index in [0.717, 1.165) is 26.1 Å². The van der Waals surface area contributed by atoms with Crippen molar-refractivity contribution in [1.82, 2.24) is 5.32 Å². The Morgan fingerprint density at radius 3 is 2.95 bits per heavy atom. The van der Waals surface area contributed by atoms with E-state index in [9.17, 15) is 9.90 Å². The second kappa shape index (κ2) is 8.00. The van der Waals surface area contributed by atoms with Gasteiger partial charge in [0.15, 0.2) is 0 Å². The molecular formula is C16H23NO4. The summed E-state index contributed by atoms with van der Waals surface area (Å²) in [7, 11) is 0. The van der Waals surface area contributed by atoms with Crippen molar-refractivity contribution in [3.05, 3.63) is 36.3 Å². The molecule has 116 valence electrons. The van der Waals surface area contributed by atoms with Crippen molar-refractivity contribution in [2.45, 2.75) is 38.3 Å². The molecule has 21 heavy (non-hydrogen) atoms. The second-order valence-corrected chi connectivity index (χ2v) is 5.49. The quantitative estimate of drug-likeness (QED) is 0.789. The average Bonchev–Trinajstić information content (AvgIpc) is 3.00. The van der Waals surface area contributed by atoms with Crippen molar-refractivity contribution < 1.29 is 19.1 Å². The van der Waals surface area contributed by atoms with Crippen LogP contribution in [0.4, 0.5) is 0 Å². The molecule has 1 aliphatic rings. The lowest BCUT2D eigenvalue weighted by Crippen LogP contribution is -2.32. The summed E-state index contributed by atoms with van der Waals surface area (Å²) < 4.78 is 10.4. The van der Waals surface area contributed by atoms with Gasteiger partial charge in [-0.15, -0.1) is 0 Å². The normalized spacial score (nSPS) is 19.5. The zero-order chi connectivity index (χ0) is 15.1. The van der Waals surface area contributed by atoms with Crippen LogP contribution in [0.15, 0.2) is 35.0 Å². The maximum Gasteiger partial charge on any atom is 0.243 e. The maximum absolute atomic E-state index is 11.8. The Bertz CT molecular complexity index is 449. The number of nitrogens with one attached hydrogen (secondary N) is 1. The highest BCUT2D eigenvalue weighted by molar-refractivity contribution is 5.87. The molecule has 2 atom stereocenters. The molecule has 1 amide bonds. The molecule has 5 nitrogen and oxygen atoms in total. The fourth-order valence-electron chi connectivity index (χ4n) is 2.41. The number of allylic oxidation sites excluding steroid dienone is 1. The minimum atomic E-state index is -0.699. The molecule has 2 rings (SSSR count). The predicted octanol–water partition coefficient (Wildman–Crippen LogP) is 2.19. The summed E-state index contributed by atoms with van der Waals surface area (Å²) in [5.74, 6) is 0.822. The van der Waals surface area contributed by atoms with Gasteiger partial charge in [-0.3, -0.25) is 4.79 Å². The standard InChI is InChI=1S/C16H23NO4/c1-12(11-14(18)15-3-2-8-21-15)17-16(19)5-4-13-6-9-20-10-7-13/h2-5,8,12-14,18H,6-7,9-11H2,1H3,(H,17,19)/b5-4+. The Kier molecular flexibility index (Phi) is 6.02. The summed E-state index contributed by atoms with van der Waals surface area (Å²) in [6.45, 7) is 3.40. The van der Waals surface area contributed by atoms with E-state index in [1.165, 1.54) is 6.26 Å². The summed E-state index contributed by atoms with van der Waals surface area (Å²) in [5.41, 5.74) is 0. The molecule has 0 aromatic carbocycles. The predicted molar refractivity (Wildman–Crippen MR) is 78.6 cm³/mol. The molecule has 0 spiro atoms. The first-order valence-corrected chi connectivity index (χ1v) is 7.43. The SMILES string of the molecule is CC(CC(O)c1ccco1)NC(=O)/C=C/C1CCOCC1. The van der Waals surface area contributed by atoms with Gasteiger partial charge in [-0.05, 0) is 43.9 Å². The van der Waals surface area contributed by atoms with Crippen molar-refractivity contribution in [1.29, 1.82) is 0 Å². The molecule has 2 heterocycles. The van der Waals surface area contributed by atoms with Crippen molar-refractivity contribution in [2.24, 2.45) is 5.92 Å². The van der Waals surface area contributed by atoms with E-state index < -0.39 is 6.10 Å². The zero-order valence-corrected chi connectivity index (χ0v) is 12.3. The Morgan fingerprint density at radius 1 is 1.52 bits per heavy atom. The molecule has 2 unspecified atom stereocenters. The lowest BCUT2D eigenvalue weighted by atomic mass is 10.00. The van der Waals surface area contributed by atoms with E-state index in [1.807, 2.05) is 13.0 Å². The minimum Gasteiger partial charge on any atom is -0.467 e. The van der Waals surface area contributed by atoms with Gasteiger partial charge in [0.1, 0.15) is 11.9 Å². The number of furan rings is 1. The first-order chi connectivity index (χ1) is 10.1. The first kappa shape index (κ1) is 15.8. The molecule has 1 aromatic heterocycles. The van der Waals surface area contributed by atoms with Crippen LogP contribution < -0.4 is 5.32 Å². The Balaban J connectivity index is 1.72. The third-order valence-corrected chi connectivity index (χ3v) is 3.62. The van der Waals surface area contributed by atoms with Crippen LogP contribution in [0.2, 0.25) is 0 Å². The molecule has 0 aliphatic carbocycles. The number of hydrogen-bond acceptors (Lipinski definition) is 4. The maximum atomic E-state index is 11.8. The molecule has 2 N–H and O–H groups in total. The van der Waals surface area contributed by atoms with Crippen molar-refractivity contribution in [3.63, 3.8) is 0 Å². The van der Waals surface area contributed by atoms with Crippen molar-refractivity contribution in [2.75, 3.05) is 13.2 Å². The van der Waals surface area contributed by atoms with Crippen LogP contribution in [0.1, 0.15) is 38.1 Å². The smallest absolute Gasteiger partial charge is 0.243 e. The van der Waals surface area contributed by atoms with Gasteiger partial charge in [0.05, 0.1) is 6.26 Å². The molecule has 1 saturated heterocycles. The van der Waals surface area contributed by atoms with Gasteiger partial charge in [0.25, 0.3) is 0 Å². The van der Waals surface area contributed by atoms with Crippen LogP contribution in [-0.2, 0) is 9.53 Å². The molecular weight excluding hydrogens is 270 g/mol. The van der Waals surface area contributed by atoms with Gasteiger partial charge in [-0.2, -0.15) is 0 Å². The number of hydrogen-bond donors (Lipinski definition) is 2. The van der Waals surface area contributed by atoms with Crippen molar-refractivity contribution in [3.8, 4) is 0 Å². The molecule has 1 aromatic rings. The fraction of sp³-hybridized carbons (Fsp3) is 0.562. The largest absolute Gasteiger partial charge is 0.467 e. The number of aliphatic hydroxyl groups excluding tert-OH is 1. The van der Waals surface area contributed by atoms with E-state index >= 15 is 0 Å². The van der Waals surface area contributed by atoms with E-state index in [1.54, 1.807) is 18.2 Å². The first-order valence-electron chi connectivity index (χ1n) is 7.43. The average molecular weight is 293 g/mol. The number of ether oxygens (including phenoxy) is 1. The number of carbonyl (C=O) groups excluding carboxylic acids is 1. The lowest BCUT2D eigenvalue weighted by Gasteiger charge is -2.19. The van der Waals surface area contributed by atoms with Gasteiger partial charge in [-0.25, -0.2) is 0 Å². The van der Waals surface area contributed by atoms with Gasteiger partial charge in [-0.1, -0.05) is 6.08 Å². The highest BCUT2D eigenvalue weighted by Crippen LogP contribution is 2.18. The summed E-state index contributed by atoms with van der Waals surface area (Å²) in [6.07, 6.45) is 6.73. The van der Waals surface area contributed by atoms with Crippen LogP contribution in [0, 0.1) is 5.92 Å².